The number of fused-ring (bicyclic) bond motifs is 2. The van der Waals surface area contributed by atoms with Crippen LogP contribution in [0.3, 0.4) is 0 Å². The summed E-state index contributed by atoms with van der Waals surface area (Å²) < 4.78 is 14.7. The molecule has 0 saturated heterocycles. The van der Waals surface area contributed by atoms with E-state index in [2.05, 4.69) is 10.3 Å². The van der Waals surface area contributed by atoms with E-state index in [1.165, 1.54) is 12.1 Å². The fourth-order valence-corrected chi connectivity index (χ4v) is 3.45. The maximum Gasteiger partial charge on any atom is 0.261 e. The highest BCUT2D eigenvalue weighted by atomic mass is 19.1. The molecule has 5 nitrogen and oxygen atoms in total. The molecule has 0 saturated carbocycles. The van der Waals surface area contributed by atoms with Crippen molar-refractivity contribution in [2.75, 3.05) is 0 Å². The second-order valence-electron chi connectivity index (χ2n) is 6.84. The summed E-state index contributed by atoms with van der Waals surface area (Å²) >= 11 is 0. The van der Waals surface area contributed by atoms with Gasteiger partial charge in [-0.15, -0.1) is 0 Å². The summed E-state index contributed by atoms with van der Waals surface area (Å²) in [6.45, 7) is 1.01. The van der Waals surface area contributed by atoms with E-state index >= 15 is 0 Å². The summed E-state index contributed by atoms with van der Waals surface area (Å²) in [6.07, 6.45) is 3.89. The SMILES string of the molecule is O=C(NCc1ccc(F)cc1)c1ccc2c(=O)n3c(nc2c1)CCCCC3. The molecule has 0 spiro atoms. The van der Waals surface area contributed by atoms with Crippen molar-refractivity contribution in [1.29, 1.82) is 0 Å². The molecule has 6 heteroatoms. The quantitative estimate of drug-likeness (QED) is 0.775. The Labute approximate surface area is 155 Å². The molecule has 2 heterocycles. The molecular formula is C21H20FN3O2. The lowest BCUT2D eigenvalue weighted by Crippen LogP contribution is -2.25. The zero-order valence-corrected chi connectivity index (χ0v) is 14.9. The van der Waals surface area contributed by atoms with Crippen LogP contribution in [0, 0.1) is 5.82 Å². The molecule has 0 bridgehead atoms. The highest BCUT2D eigenvalue weighted by molar-refractivity contribution is 5.97. The van der Waals surface area contributed by atoms with E-state index in [0.717, 1.165) is 37.1 Å². The van der Waals surface area contributed by atoms with Gasteiger partial charge in [-0.05, 0) is 48.7 Å². The number of aryl methyl sites for hydroxylation is 1. The van der Waals surface area contributed by atoms with Gasteiger partial charge >= 0.3 is 0 Å². The molecule has 0 unspecified atom stereocenters. The summed E-state index contributed by atoms with van der Waals surface area (Å²) in [5.41, 5.74) is 1.79. The zero-order chi connectivity index (χ0) is 18.8. The van der Waals surface area contributed by atoms with Crippen LogP contribution >= 0.6 is 0 Å². The van der Waals surface area contributed by atoms with Crippen LogP contribution in [-0.2, 0) is 19.5 Å². The first kappa shape index (κ1) is 17.4. The topological polar surface area (TPSA) is 64.0 Å². The molecule has 3 aromatic rings. The Morgan fingerprint density at radius 1 is 1.11 bits per heavy atom. The van der Waals surface area contributed by atoms with Crippen LogP contribution in [0.1, 0.15) is 41.0 Å². The second kappa shape index (κ2) is 7.31. The van der Waals surface area contributed by atoms with Crippen LogP contribution in [-0.4, -0.2) is 15.5 Å². The predicted octanol–water partition coefficient (Wildman–Crippen LogP) is 3.19. The van der Waals surface area contributed by atoms with Crippen LogP contribution in [0.15, 0.2) is 47.3 Å². The van der Waals surface area contributed by atoms with E-state index in [1.54, 1.807) is 34.9 Å². The largest absolute Gasteiger partial charge is 0.348 e. The minimum atomic E-state index is -0.309. The van der Waals surface area contributed by atoms with E-state index in [1.807, 2.05) is 0 Å². The van der Waals surface area contributed by atoms with Crippen molar-refractivity contribution in [3.05, 3.63) is 75.6 Å². The van der Waals surface area contributed by atoms with Crippen LogP contribution < -0.4 is 10.9 Å². The summed E-state index contributed by atoms with van der Waals surface area (Å²) in [7, 11) is 0. The van der Waals surface area contributed by atoms with Crippen molar-refractivity contribution >= 4 is 16.8 Å². The van der Waals surface area contributed by atoms with Gasteiger partial charge in [0, 0.05) is 25.1 Å². The van der Waals surface area contributed by atoms with Crippen molar-refractivity contribution in [3.63, 3.8) is 0 Å². The lowest BCUT2D eigenvalue weighted by atomic mass is 10.1. The van der Waals surface area contributed by atoms with Gasteiger partial charge in [0.05, 0.1) is 10.9 Å². The van der Waals surface area contributed by atoms with E-state index in [0.29, 0.717) is 29.6 Å². The molecule has 27 heavy (non-hydrogen) atoms. The van der Waals surface area contributed by atoms with Gasteiger partial charge in [0.15, 0.2) is 0 Å². The molecule has 1 aliphatic rings. The molecule has 0 atom stereocenters. The Balaban J connectivity index is 1.59. The Bertz CT molecular complexity index is 1060. The number of amides is 1. The molecule has 0 fully saturated rings. The van der Waals surface area contributed by atoms with Gasteiger partial charge < -0.3 is 5.32 Å². The maximum absolute atomic E-state index is 13.0. The average Bonchev–Trinajstić information content (AvgIpc) is 2.93. The predicted molar refractivity (Wildman–Crippen MR) is 101 cm³/mol. The fourth-order valence-electron chi connectivity index (χ4n) is 3.45. The lowest BCUT2D eigenvalue weighted by molar-refractivity contribution is 0.0951. The number of nitrogens with zero attached hydrogens (tertiary/aromatic N) is 2. The fraction of sp³-hybridized carbons (Fsp3) is 0.286. The van der Waals surface area contributed by atoms with E-state index < -0.39 is 0 Å². The Hall–Kier alpha value is -3.02. The standard InChI is InChI=1S/C21H20FN3O2/c22-16-8-5-14(6-9-16)13-23-20(26)15-7-10-17-18(12-15)24-19-4-2-1-3-11-25(19)21(17)27/h5-10,12H,1-4,11,13H2,(H,23,26). The number of hydrogen-bond donors (Lipinski definition) is 1. The van der Waals surface area contributed by atoms with Gasteiger partial charge in [-0.25, -0.2) is 9.37 Å². The number of aromatic nitrogens is 2. The molecule has 0 radical (unpaired) electrons. The molecular weight excluding hydrogens is 345 g/mol. The first-order chi connectivity index (χ1) is 13.1. The van der Waals surface area contributed by atoms with Gasteiger partial charge in [0.2, 0.25) is 0 Å². The third kappa shape index (κ3) is 3.60. The van der Waals surface area contributed by atoms with Crippen molar-refractivity contribution in [2.24, 2.45) is 0 Å². The van der Waals surface area contributed by atoms with Gasteiger partial charge in [-0.3, -0.25) is 14.2 Å². The van der Waals surface area contributed by atoms with E-state index in [-0.39, 0.29) is 17.3 Å². The van der Waals surface area contributed by atoms with E-state index in [9.17, 15) is 14.0 Å². The first-order valence-electron chi connectivity index (χ1n) is 9.18. The summed E-state index contributed by atoms with van der Waals surface area (Å²) in [5.74, 6) is 0.239. The Morgan fingerprint density at radius 3 is 2.74 bits per heavy atom. The monoisotopic (exact) mass is 365 g/mol. The maximum atomic E-state index is 13.0. The Morgan fingerprint density at radius 2 is 1.93 bits per heavy atom. The lowest BCUT2D eigenvalue weighted by Gasteiger charge is -2.11. The molecule has 138 valence electrons. The third-order valence-corrected chi connectivity index (χ3v) is 4.94. The van der Waals surface area contributed by atoms with Crippen molar-refractivity contribution in [3.8, 4) is 0 Å². The molecule has 4 rings (SSSR count). The van der Waals surface area contributed by atoms with Crippen molar-refractivity contribution in [2.45, 2.75) is 38.8 Å². The van der Waals surface area contributed by atoms with Gasteiger partial charge in [-0.1, -0.05) is 18.6 Å². The second-order valence-corrected chi connectivity index (χ2v) is 6.84. The molecule has 1 aliphatic heterocycles. The molecule has 2 aromatic carbocycles. The van der Waals surface area contributed by atoms with Crippen LogP contribution in [0.4, 0.5) is 4.39 Å². The zero-order valence-electron chi connectivity index (χ0n) is 14.9. The number of benzene rings is 2. The summed E-state index contributed by atoms with van der Waals surface area (Å²) in [6, 6.07) is 11.0. The third-order valence-electron chi connectivity index (χ3n) is 4.94. The van der Waals surface area contributed by atoms with E-state index in [4.69, 9.17) is 0 Å². The molecule has 1 amide bonds. The average molecular weight is 365 g/mol. The summed E-state index contributed by atoms with van der Waals surface area (Å²) in [4.78, 5) is 29.8. The highest BCUT2D eigenvalue weighted by Crippen LogP contribution is 2.16. The molecule has 0 aliphatic carbocycles. The summed E-state index contributed by atoms with van der Waals surface area (Å²) in [5, 5.41) is 3.35. The number of rotatable bonds is 3. The normalized spacial score (nSPS) is 13.8. The minimum Gasteiger partial charge on any atom is -0.348 e. The van der Waals surface area contributed by atoms with Crippen LogP contribution in [0.2, 0.25) is 0 Å². The first-order valence-corrected chi connectivity index (χ1v) is 9.18. The van der Waals surface area contributed by atoms with Gasteiger partial charge in [-0.2, -0.15) is 0 Å². The minimum absolute atomic E-state index is 0.0322. The molecule has 1 N–H and O–H groups in total. The number of carbonyl (C=O) groups excluding carboxylic acids is 1. The van der Waals surface area contributed by atoms with Crippen molar-refractivity contribution < 1.29 is 9.18 Å². The molecule has 1 aromatic heterocycles. The van der Waals surface area contributed by atoms with Crippen LogP contribution in [0.25, 0.3) is 10.9 Å². The Kier molecular flexibility index (Phi) is 4.71. The van der Waals surface area contributed by atoms with Crippen LogP contribution in [0.5, 0.6) is 0 Å². The van der Waals surface area contributed by atoms with Gasteiger partial charge in [0.1, 0.15) is 11.6 Å². The van der Waals surface area contributed by atoms with Crippen molar-refractivity contribution in [1.82, 2.24) is 14.9 Å². The smallest absolute Gasteiger partial charge is 0.261 e. The number of hydrogen-bond acceptors (Lipinski definition) is 3. The number of nitrogens with one attached hydrogen (secondary N) is 1. The number of halogens is 1. The highest BCUT2D eigenvalue weighted by Gasteiger charge is 2.15. The van der Waals surface area contributed by atoms with Gasteiger partial charge in [0.25, 0.3) is 11.5 Å². The number of carbonyl (C=O) groups is 1.